The Balaban J connectivity index is 1.59. The van der Waals surface area contributed by atoms with Gasteiger partial charge in [-0.25, -0.2) is 4.98 Å². The summed E-state index contributed by atoms with van der Waals surface area (Å²) in [6.07, 6.45) is -5.95. The van der Waals surface area contributed by atoms with Gasteiger partial charge in [0, 0.05) is 5.69 Å². The highest BCUT2D eigenvalue weighted by Gasteiger charge is 2.30. The number of aryl methyl sites for hydroxylation is 1. The minimum atomic E-state index is -4.53. The van der Waals surface area contributed by atoms with Gasteiger partial charge in [0.05, 0.1) is 22.6 Å². The predicted molar refractivity (Wildman–Crippen MR) is 104 cm³/mol. The second kappa shape index (κ2) is 8.70. The molecular formula is C20H17F3N2O4S. The van der Waals surface area contributed by atoms with Gasteiger partial charge < -0.3 is 14.5 Å². The summed E-state index contributed by atoms with van der Waals surface area (Å²) in [5.41, 5.74) is -0.562. The van der Waals surface area contributed by atoms with E-state index in [1.54, 1.807) is 6.92 Å². The molecule has 0 fully saturated rings. The Morgan fingerprint density at radius 1 is 1.27 bits per heavy atom. The Kier molecular flexibility index (Phi) is 6.25. The topological polar surface area (TPSA) is 81.4 Å². The summed E-state index contributed by atoms with van der Waals surface area (Å²) in [4.78, 5) is 29.5. The van der Waals surface area contributed by atoms with Crippen LogP contribution in [0, 0.1) is 6.92 Å². The molecule has 1 atom stereocenters. The molecule has 0 bridgehead atoms. The Morgan fingerprint density at radius 2 is 2.03 bits per heavy atom. The first-order valence-corrected chi connectivity index (χ1v) is 9.69. The number of hydrogen-bond donors (Lipinski definition) is 1. The summed E-state index contributed by atoms with van der Waals surface area (Å²) in [5.74, 6) is -0.619. The third kappa shape index (κ3) is 5.26. The molecule has 1 unspecified atom stereocenters. The number of benzene rings is 1. The number of rotatable bonds is 6. The lowest BCUT2D eigenvalue weighted by molar-refractivity contribution is -0.152. The second-order valence-corrected chi connectivity index (χ2v) is 7.32. The van der Waals surface area contributed by atoms with E-state index in [9.17, 15) is 22.8 Å². The van der Waals surface area contributed by atoms with Crippen LogP contribution in [0.2, 0.25) is 0 Å². The van der Waals surface area contributed by atoms with E-state index in [1.165, 1.54) is 30.4 Å². The Labute approximate surface area is 173 Å². The lowest BCUT2D eigenvalue weighted by Gasteiger charge is -2.14. The fourth-order valence-electron chi connectivity index (χ4n) is 2.54. The van der Waals surface area contributed by atoms with Crippen molar-refractivity contribution in [3.05, 3.63) is 58.8 Å². The summed E-state index contributed by atoms with van der Waals surface area (Å²) in [7, 11) is 0. The van der Waals surface area contributed by atoms with E-state index in [0.717, 1.165) is 17.0 Å². The van der Waals surface area contributed by atoms with Gasteiger partial charge >= 0.3 is 12.1 Å². The third-order valence-corrected chi connectivity index (χ3v) is 4.93. The van der Waals surface area contributed by atoms with Crippen LogP contribution in [0.25, 0.3) is 10.8 Å². The second-order valence-electron chi connectivity index (χ2n) is 6.38. The Hall–Kier alpha value is -3.14. The van der Waals surface area contributed by atoms with Crippen LogP contribution >= 0.6 is 11.3 Å². The first kappa shape index (κ1) is 21.6. The quantitative estimate of drug-likeness (QED) is 0.557. The number of halogens is 3. The van der Waals surface area contributed by atoms with E-state index in [1.807, 2.05) is 17.5 Å². The summed E-state index contributed by atoms with van der Waals surface area (Å²) >= 11 is 1.44. The molecule has 6 nitrogen and oxygen atoms in total. The van der Waals surface area contributed by atoms with Crippen LogP contribution in [0.15, 0.2) is 46.2 Å². The summed E-state index contributed by atoms with van der Waals surface area (Å²) in [5, 5.41) is 4.18. The number of anilines is 1. The maximum atomic E-state index is 12.8. The van der Waals surface area contributed by atoms with E-state index >= 15 is 0 Å². The van der Waals surface area contributed by atoms with Crippen LogP contribution in [0.4, 0.5) is 18.9 Å². The van der Waals surface area contributed by atoms with E-state index in [0.29, 0.717) is 17.3 Å². The molecule has 2 aromatic heterocycles. The number of carbonyl (C=O) groups is 2. The summed E-state index contributed by atoms with van der Waals surface area (Å²) < 4.78 is 49.0. The average Bonchev–Trinajstić information content (AvgIpc) is 3.31. The molecule has 0 saturated heterocycles. The van der Waals surface area contributed by atoms with Gasteiger partial charge in [0.25, 0.3) is 5.91 Å². The van der Waals surface area contributed by atoms with Crippen molar-refractivity contribution >= 4 is 28.9 Å². The highest BCUT2D eigenvalue weighted by molar-refractivity contribution is 7.13. The molecule has 1 amide bonds. The van der Waals surface area contributed by atoms with E-state index < -0.39 is 29.7 Å². The summed E-state index contributed by atoms with van der Waals surface area (Å²) in [6, 6.07) is 7.86. The van der Waals surface area contributed by atoms with Gasteiger partial charge in [-0.1, -0.05) is 12.1 Å². The van der Waals surface area contributed by atoms with Crippen molar-refractivity contribution < 1.29 is 31.9 Å². The van der Waals surface area contributed by atoms with Crippen molar-refractivity contribution in [1.82, 2.24) is 4.98 Å². The molecule has 3 rings (SSSR count). The van der Waals surface area contributed by atoms with Crippen molar-refractivity contribution in [2.75, 3.05) is 5.32 Å². The summed E-state index contributed by atoms with van der Waals surface area (Å²) in [6.45, 7) is 2.99. The van der Waals surface area contributed by atoms with Crippen LogP contribution in [-0.4, -0.2) is 23.0 Å². The molecular weight excluding hydrogens is 421 g/mol. The minimum Gasteiger partial charge on any atom is -0.452 e. The number of nitrogens with zero attached hydrogens (tertiary/aromatic N) is 1. The highest BCUT2D eigenvalue weighted by Crippen LogP contribution is 2.30. The van der Waals surface area contributed by atoms with Crippen LogP contribution < -0.4 is 5.32 Å². The predicted octanol–water partition coefficient (Wildman–Crippen LogP) is 4.84. The number of nitrogens with one attached hydrogen (secondary N) is 1. The van der Waals surface area contributed by atoms with Crippen LogP contribution in [0.1, 0.15) is 23.9 Å². The van der Waals surface area contributed by atoms with Crippen LogP contribution in [0.5, 0.6) is 0 Å². The molecule has 0 aliphatic carbocycles. The number of hydrogen-bond acceptors (Lipinski definition) is 6. The van der Waals surface area contributed by atoms with Gasteiger partial charge in [0.2, 0.25) is 5.89 Å². The number of alkyl halides is 3. The largest absolute Gasteiger partial charge is 0.452 e. The number of aromatic nitrogens is 1. The minimum absolute atomic E-state index is 0.0503. The lowest BCUT2D eigenvalue weighted by Crippen LogP contribution is -2.30. The molecule has 3 aromatic rings. The first-order valence-electron chi connectivity index (χ1n) is 8.81. The number of ether oxygens (including phenoxy) is 1. The van der Waals surface area contributed by atoms with E-state index in [2.05, 4.69) is 10.3 Å². The van der Waals surface area contributed by atoms with Crippen molar-refractivity contribution in [3.8, 4) is 10.8 Å². The smallest absolute Gasteiger partial charge is 0.416 e. The van der Waals surface area contributed by atoms with E-state index in [-0.39, 0.29) is 12.1 Å². The third-order valence-electron chi connectivity index (χ3n) is 4.07. The molecule has 0 spiro atoms. The first-order chi connectivity index (χ1) is 14.1. The van der Waals surface area contributed by atoms with Crippen LogP contribution in [0.3, 0.4) is 0 Å². The molecule has 0 saturated carbocycles. The molecule has 0 radical (unpaired) electrons. The van der Waals surface area contributed by atoms with Crippen LogP contribution in [-0.2, 0) is 26.9 Å². The zero-order chi connectivity index (χ0) is 21.9. The standard InChI is InChI=1S/C20H17F3N2O4S/c1-11-15(25-19(29-11)16-7-4-8-30-16)10-17(26)28-12(2)18(27)24-14-6-3-5-13(9-14)20(21,22)23/h3-9,12H,10H2,1-2H3,(H,24,27). The maximum Gasteiger partial charge on any atom is 0.416 e. The fourth-order valence-corrected chi connectivity index (χ4v) is 3.19. The van der Waals surface area contributed by atoms with Gasteiger partial charge in [-0.15, -0.1) is 11.3 Å². The number of esters is 1. The normalized spacial score (nSPS) is 12.4. The maximum absolute atomic E-state index is 12.8. The number of amides is 1. The number of oxazole rings is 1. The molecule has 0 aliphatic heterocycles. The lowest BCUT2D eigenvalue weighted by atomic mass is 10.2. The molecule has 10 heteroatoms. The fraction of sp³-hybridized carbons (Fsp3) is 0.250. The average molecular weight is 438 g/mol. The SMILES string of the molecule is Cc1oc(-c2cccs2)nc1CC(=O)OC(C)C(=O)Nc1cccc(C(F)(F)F)c1. The molecule has 1 aromatic carbocycles. The zero-order valence-electron chi connectivity index (χ0n) is 15.9. The molecule has 158 valence electrons. The zero-order valence-corrected chi connectivity index (χ0v) is 16.8. The van der Waals surface area contributed by atoms with Crippen molar-refractivity contribution in [3.63, 3.8) is 0 Å². The monoisotopic (exact) mass is 438 g/mol. The van der Waals surface area contributed by atoms with Gasteiger partial charge in [0.15, 0.2) is 6.10 Å². The molecule has 0 aliphatic rings. The van der Waals surface area contributed by atoms with Gasteiger partial charge in [0.1, 0.15) is 5.76 Å². The van der Waals surface area contributed by atoms with Crippen molar-refractivity contribution in [2.45, 2.75) is 32.5 Å². The van der Waals surface area contributed by atoms with Crippen molar-refractivity contribution in [2.24, 2.45) is 0 Å². The van der Waals surface area contributed by atoms with Crippen molar-refractivity contribution in [1.29, 1.82) is 0 Å². The highest BCUT2D eigenvalue weighted by atomic mass is 32.1. The Bertz CT molecular complexity index is 1040. The van der Waals surface area contributed by atoms with Gasteiger partial charge in [-0.2, -0.15) is 13.2 Å². The molecule has 1 N–H and O–H groups in total. The van der Waals surface area contributed by atoms with E-state index in [4.69, 9.17) is 9.15 Å². The molecule has 2 heterocycles. The van der Waals surface area contributed by atoms with Gasteiger partial charge in [-0.3, -0.25) is 9.59 Å². The Morgan fingerprint density at radius 3 is 2.70 bits per heavy atom. The number of carbonyl (C=O) groups excluding carboxylic acids is 2. The van der Waals surface area contributed by atoms with Gasteiger partial charge in [-0.05, 0) is 43.5 Å². The molecule has 30 heavy (non-hydrogen) atoms. The number of thiophene rings is 1.